The number of aromatic nitrogens is 2. The summed E-state index contributed by atoms with van der Waals surface area (Å²) in [6.07, 6.45) is 2.75. The molecule has 1 aliphatic heterocycles. The Hall–Kier alpha value is -2.71. The molecule has 0 radical (unpaired) electrons. The number of hydrogen-bond donors (Lipinski definition) is 1. The summed E-state index contributed by atoms with van der Waals surface area (Å²) in [5, 5.41) is 3.70. The van der Waals surface area contributed by atoms with Crippen LogP contribution in [0.25, 0.3) is 10.2 Å². The lowest BCUT2D eigenvalue weighted by atomic mass is 10.2. The second-order valence-electron chi connectivity index (χ2n) is 7.58. The Balaban J connectivity index is 1.55. The fraction of sp³-hybridized carbons (Fsp3) is 0.364. The van der Waals surface area contributed by atoms with Gasteiger partial charge in [0.15, 0.2) is 6.10 Å². The highest BCUT2D eigenvalue weighted by Gasteiger charge is 2.26. The van der Waals surface area contributed by atoms with Crippen LogP contribution in [-0.4, -0.2) is 27.5 Å². The molecule has 1 aromatic carbocycles. The Labute approximate surface area is 188 Å². The minimum atomic E-state index is -1.02. The summed E-state index contributed by atoms with van der Waals surface area (Å²) in [5.74, 6) is -0.329. The maximum Gasteiger partial charge on any atom is 0.349 e. The van der Waals surface area contributed by atoms with Crippen LogP contribution in [0.4, 0.5) is 5.69 Å². The van der Waals surface area contributed by atoms with E-state index in [2.05, 4.69) is 10.3 Å². The highest BCUT2D eigenvalue weighted by molar-refractivity contribution is 7.20. The first kappa shape index (κ1) is 21.5. The predicted molar refractivity (Wildman–Crippen MR) is 121 cm³/mol. The van der Waals surface area contributed by atoms with Crippen LogP contribution >= 0.6 is 22.9 Å². The molecular formula is C22H22ClN3O4S. The number of aryl methyl sites for hydroxylation is 2. The van der Waals surface area contributed by atoms with Gasteiger partial charge in [0.25, 0.3) is 11.5 Å². The van der Waals surface area contributed by atoms with Gasteiger partial charge in [0.05, 0.1) is 5.39 Å². The summed E-state index contributed by atoms with van der Waals surface area (Å²) in [6, 6.07) is 6.63. The molecular weight excluding hydrogens is 438 g/mol. The largest absolute Gasteiger partial charge is 0.448 e. The number of benzene rings is 1. The number of nitrogens with one attached hydrogen (secondary N) is 1. The zero-order valence-electron chi connectivity index (χ0n) is 17.2. The summed E-state index contributed by atoms with van der Waals surface area (Å²) in [4.78, 5) is 43.7. The van der Waals surface area contributed by atoms with E-state index in [-0.39, 0.29) is 5.56 Å². The van der Waals surface area contributed by atoms with E-state index >= 15 is 0 Å². The minimum absolute atomic E-state index is 0.108. The van der Waals surface area contributed by atoms with Crippen molar-refractivity contribution in [3.8, 4) is 0 Å². The number of nitrogens with zero attached hydrogens (tertiary/aromatic N) is 2. The van der Waals surface area contributed by atoms with E-state index in [1.54, 1.807) is 35.8 Å². The van der Waals surface area contributed by atoms with Gasteiger partial charge >= 0.3 is 5.97 Å². The normalized spacial score (nSPS) is 14.5. The number of anilines is 1. The van der Waals surface area contributed by atoms with Gasteiger partial charge in [-0.1, -0.05) is 18.0 Å². The minimum Gasteiger partial charge on any atom is -0.448 e. The number of hydrogen-bond acceptors (Lipinski definition) is 6. The van der Waals surface area contributed by atoms with Crippen molar-refractivity contribution in [2.24, 2.45) is 0 Å². The molecule has 0 aliphatic carbocycles. The molecule has 0 fully saturated rings. The van der Waals surface area contributed by atoms with Gasteiger partial charge in [-0.05, 0) is 56.5 Å². The van der Waals surface area contributed by atoms with E-state index in [4.69, 9.17) is 16.3 Å². The Kier molecular flexibility index (Phi) is 6.11. The van der Waals surface area contributed by atoms with Gasteiger partial charge in [-0.2, -0.15) is 0 Å². The molecule has 0 saturated heterocycles. The van der Waals surface area contributed by atoms with Crippen LogP contribution in [0.2, 0.25) is 5.02 Å². The molecule has 3 aromatic rings. The summed E-state index contributed by atoms with van der Waals surface area (Å²) in [7, 11) is 0. The number of rotatable bonds is 4. The van der Waals surface area contributed by atoms with Crippen LogP contribution in [0.3, 0.4) is 0 Å². The number of fused-ring (bicyclic) bond motifs is 2. The van der Waals surface area contributed by atoms with Crippen LogP contribution in [0.5, 0.6) is 0 Å². The summed E-state index contributed by atoms with van der Waals surface area (Å²) < 4.78 is 7.12. The molecule has 0 saturated carbocycles. The lowest BCUT2D eigenvalue weighted by molar-refractivity contribution is -0.123. The van der Waals surface area contributed by atoms with Gasteiger partial charge in [-0.25, -0.2) is 9.78 Å². The van der Waals surface area contributed by atoms with Crippen molar-refractivity contribution in [1.82, 2.24) is 9.55 Å². The quantitative estimate of drug-likeness (QED) is 0.586. The van der Waals surface area contributed by atoms with Crippen molar-refractivity contribution in [3.05, 3.63) is 55.9 Å². The fourth-order valence-corrected chi connectivity index (χ4v) is 4.85. The summed E-state index contributed by atoms with van der Waals surface area (Å²) in [5.41, 5.74) is 0.990. The van der Waals surface area contributed by atoms with E-state index in [1.165, 1.54) is 6.92 Å². The highest BCUT2D eigenvalue weighted by Crippen LogP contribution is 2.29. The van der Waals surface area contributed by atoms with E-state index in [0.29, 0.717) is 37.9 Å². The first-order valence-corrected chi connectivity index (χ1v) is 11.3. The third-order valence-electron chi connectivity index (χ3n) is 5.36. The molecule has 0 spiro atoms. The molecule has 162 valence electrons. The molecule has 1 N–H and O–H groups in total. The SMILES string of the molecule is Cc1c(C(=O)OC(C)C(=O)Nc2ccc(Cl)cc2)sc2nc3n(c(=O)c12)CCCCC3. The molecule has 2 aromatic heterocycles. The van der Waals surface area contributed by atoms with Crippen LogP contribution in [0.1, 0.15) is 47.2 Å². The third kappa shape index (κ3) is 4.36. The summed E-state index contributed by atoms with van der Waals surface area (Å²) in [6.45, 7) is 3.87. The Bertz CT molecular complexity index is 1220. The smallest absolute Gasteiger partial charge is 0.349 e. The number of halogens is 1. The molecule has 31 heavy (non-hydrogen) atoms. The number of amides is 1. The standard InChI is InChI=1S/C22H22ClN3O4S/c1-12-17-20(25-16-6-4-3-5-11-26(16)21(17)28)31-18(12)22(29)30-13(2)19(27)24-15-9-7-14(23)8-10-15/h7-10,13H,3-6,11H2,1-2H3,(H,24,27). The van der Waals surface area contributed by atoms with Crippen LogP contribution < -0.4 is 10.9 Å². The van der Waals surface area contributed by atoms with Crippen LogP contribution in [-0.2, 0) is 22.5 Å². The molecule has 1 amide bonds. The average molecular weight is 460 g/mol. The summed E-state index contributed by atoms with van der Waals surface area (Å²) >= 11 is 6.99. The maximum absolute atomic E-state index is 13.0. The number of esters is 1. The second kappa shape index (κ2) is 8.80. The number of thiophene rings is 1. The molecule has 4 rings (SSSR count). The predicted octanol–water partition coefficient (Wildman–Crippen LogP) is 4.33. The van der Waals surface area contributed by atoms with Gasteiger partial charge in [-0.3, -0.25) is 14.2 Å². The van der Waals surface area contributed by atoms with Gasteiger partial charge in [0, 0.05) is 23.7 Å². The zero-order chi connectivity index (χ0) is 22.1. The van der Waals surface area contributed by atoms with Crippen LogP contribution in [0, 0.1) is 6.92 Å². The van der Waals surface area contributed by atoms with Crippen LogP contribution in [0.15, 0.2) is 29.1 Å². The van der Waals surface area contributed by atoms with Gasteiger partial charge in [-0.15, -0.1) is 11.3 Å². The molecule has 1 unspecified atom stereocenters. The van der Waals surface area contributed by atoms with Crippen molar-refractivity contribution in [1.29, 1.82) is 0 Å². The fourth-order valence-electron chi connectivity index (χ4n) is 3.65. The van der Waals surface area contributed by atoms with Crippen molar-refractivity contribution in [3.63, 3.8) is 0 Å². The zero-order valence-corrected chi connectivity index (χ0v) is 18.8. The van der Waals surface area contributed by atoms with Crippen molar-refractivity contribution in [2.45, 2.75) is 52.2 Å². The van der Waals surface area contributed by atoms with E-state index in [0.717, 1.165) is 42.8 Å². The third-order valence-corrected chi connectivity index (χ3v) is 6.78. The van der Waals surface area contributed by atoms with Crippen molar-refractivity contribution >= 4 is 50.7 Å². The molecule has 9 heteroatoms. The molecule has 1 aliphatic rings. The monoisotopic (exact) mass is 459 g/mol. The Morgan fingerprint density at radius 1 is 1.23 bits per heavy atom. The maximum atomic E-state index is 13.0. The molecule has 0 bridgehead atoms. The van der Waals surface area contributed by atoms with Gasteiger partial charge in [0.1, 0.15) is 15.5 Å². The Morgan fingerprint density at radius 2 is 1.97 bits per heavy atom. The lowest BCUT2D eigenvalue weighted by Gasteiger charge is -2.13. The first-order chi connectivity index (χ1) is 14.8. The first-order valence-electron chi connectivity index (χ1n) is 10.2. The van der Waals surface area contributed by atoms with E-state index in [1.807, 2.05) is 0 Å². The molecule has 1 atom stereocenters. The molecule has 3 heterocycles. The van der Waals surface area contributed by atoms with E-state index in [9.17, 15) is 14.4 Å². The Morgan fingerprint density at radius 3 is 2.71 bits per heavy atom. The average Bonchev–Trinajstić information content (AvgIpc) is 2.91. The number of carbonyl (C=O) groups is 2. The van der Waals surface area contributed by atoms with Gasteiger partial charge in [0.2, 0.25) is 0 Å². The lowest BCUT2D eigenvalue weighted by Crippen LogP contribution is -2.30. The van der Waals surface area contributed by atoms with E-state index < -0.39 is 18.0 Å². The highest BCUT2D eigenvalue weighted by atomic mass is 35.5. The van der Waals surface area contributed by atoms with Crippen molar-refractivity contribution in [2.75, 3.05) is 5.32 Å². The van der Waals surface area contributed by atoms with Gasteiger partial charge < -0.3 is 10.1 Å². The number of carbonyl (C=O) groups excluding carboxylic acids is 2. The second-order valence-corrected chi connectivity index (χ2v) is 9.01. The topological polar surface area (TPSA) is 90.3 Å². The molecule has 7 nitrogen and oxygen atoms in total. The number of ether oxygens (including phenoxy) is 1. The van der Waals surface area contributed by atoms with Crippen molar-refractivity contribution < 1.29 is 14.3 Å².